The SMILES string of the molecule is CC(=Nn1c(-c2cc(Cl)ccc2Cl)csc1=Nc1ccc(S(=O)(=O)N2CCOCC2)cc1)c1ccncc1. The smallest absolute Gasteiger partial charge is 0.243 e. The number of halogens is 2. The Morgan fingerprint density at radius 2 is 1.74 bits per heavy atom. The van der Waals surface area contributed by atoms with Crippen LogP contribution in [0.1, 0.15) is 12.5 Å². The molecular formula is C26H23Cl2N5O3S2. The van der Waals surface area contributed by atoms with Crippen molar-refractivity contribution in [2.75, 3.05) is 26.3 Å². The Kier molecular flexibility index (Phi) is 8.08. The van der Waals surface area contributed by atoms with Gasteiger partial charge in [0.1, 0.15) is 0 Å². The third kappa shape index (κ3) is 5.75. The van der Waals surface area contributed by atoms with Gasteiger partial charge in [-0.3, -0.25) is 4.98 Å². The highest BCUT2D eigenvalue weighted by Crippen LogP contribution is 2.31. The summed E-state index contributed by atoms with van der Waals surface area (Å²) in [5, 5.41) is 7.85. The van der Waals surface area contributed by atoms with Crippen molar-refractivity contribution in [2.45, 2.75) is 11.8 Å². The van der Waals surface area contributed by atoms with E-state index in [1.54, 1.807) is 59.5 Å². The molecule has 0 N–H and O–H groups in total. The van der Waals surface area contributed by atoms with Crippen LogP contribution in [0, 0.1) is 0 Å². The number of ether oxygens (including phenoxy) is 1. The summed E-state index contributed by atoms with van der Waals surface area (Å²) in [6.07, 6.45) is 3.42. The number of morpholine rings is 1. The molecule has 5 rings (SSSR count). The lowest BCUT2D eigenvalue weighted by molar-refractivity contribution is 0.0730. The van der Waals surface area contributed by atoms with E-state index in [0.717, 1.165) is 22.5 Å². The number of nitrogens with zero attached hydrogens (tertiary/aromatic N) is 5. The van der Waals surface area contributed by atoms with Gasteiger partial charge in [-0.15, -0.1) is 11.3 Å². The first-order chi connectivity index (χ1) is 18.3. The predicted octanol–water partition coefficient (Wildman–Crippen LogP) is 5.44. The van der Waals surface area contributed by atoms with Gasteiger partial charge in [0.15, 0.2) is 0 Å². The molecule has 8 nitrogen and oxygen atoms in total. The number of hydrogen-bond donors (Lipinski definition) is 0. The summed E-state index contributed by atoms with van der Waals surface area (Å²) in [4.78, 5) is 9.65. The van der Waals surface area contributed by atoms with E-state index in [0.29, 0.717) is 46.8 Å². The number of hydrogen-bond acceptors (Lipinski definition) is 7. The van der Waals surface area contributed by atoms with Crippen molar-refractivity contribution in [1.82, 2.24) is 14.0 Å². The molecule has 1 saturated heterocycles. The minimum atomic E-state index is -3.59. The zero-order valence-electron chi connectivity index (χ0n) is 20.3. The Morgan fingerprint density at radius 1 is 1.03 bits per heavy atom. The first kappa shape index (κ1) is 26.7. The molecule has 196 valence electrons. The van der Waals surface area contributed by atoms with Crippen molar-refractivity contribution < 1.29 is 13.2 Å². The highest BCUT2D eigenvalue weighted by molar-refractivity contribution is 7.89. The Bertz CT molecular complexity index is 1640. The second-order valence-electron chi connectivity index (χ2n) is 8.38. The van der Waals surface area contributed by atoms with Crippen LogP contribution in [-0.4, -0.2) is 54.4 Å². The summed E-state index contributed by atoms with van der Waals surface area (Å²) in [6, 6.07) is 15.5. The van der Waals surface area contributed by atoms with E-state index in [1.165, 1.54) is 15.6 Å². The topological polar surface area (TPSA) is 89.2 Å². The average Bonchev–Trinajstić information content (AvgIpc) is 3.32. The van der Waals surface area contributed by atoms with Gasteiger partial charge in [0.05, 0.1) is 40.2 Å². The molecule has 2 aromatic carbocycles. The second kappa shape index (κ2) is 11.5. The van der Waals surface area contributed by atoms with Crippen molar-refractivity contribution in [3.8, 4) is 11.3 Å². The largest absolute Gasteiger partial charge is 0.379 e. The average molecular weight is 589 g/mol. The van der Waals surface area contributed by atoms with Crippen molar-refractivity contribution >= 4 is 56.0 Å². The van der Waals surface area contributed by atoms with Gasteiger partial charge >= 0.3 is 0 Å². The number of thiazole rings is 1. The van der Waals surface area contributed by atoms with Gasteiger partial charge in [-0.2, -0.15) is 9.41 Å². The second-order valence-corrected chi connectivity index (χ2v) is 12.0. The monoisotopic (exact) mass is 587 g/mol. The van der Waals surface area contributed by atoms with E-state index in [-0.39, 0.29) is 4.90 Å². The number of pyridine rings is 1. The molecule has 1 aliphatic heterocycles. The lowest BCUT2D eigenvalue weighted by atomic mass is 10.2. The first-order valence-electron chi connectivity index (χ1n) is 11.7. The molecule has 0 unspecified atom stereocenters. The van der Waals surface area contributed by atoms with Gasteiger partial charge in [0.2, 0.25) is 14.8 Å². The van der Waals surface area contributed by atoms with Crippen LogP contribution in [0.4, 0.5) is 5.69 Å². The van der Waals surface area contributed by atoms with Crippen LogP contribution in [0.2, 0.25) is 10.0 Å². The summed E-state index contributed by atoms with van der Waals surface area (Å²) in [7, 11) is -3.59. The molecular weight excluding hydrogens is 565 g/mol. The van der Waals surface area contributed by atoms with Gasteiger partial charge in [-0.05, 0) is 61.5 Å². The van der Waals surface area contributed by atoms with Crippen LogP contribution >= 0.6 is 34.5 Å². The van der Waals surface area contributed by atoms with Crippen LogP contribution in [0.3, 0.4) is 0 Å². The van der Waals surface area contributed by atoms with Crippen molar-refractivity contribution in [2.24, 2.45) is 10.1 Å². The Morgan fingerprint density at radius 3 is 2.45 bits per heavy atom. The molecule has 0 aliphatic carbocycles. The molecule has 0 saturated carbocycles. The van der Waals surface area contributed by atoms with E-state index in [9.17, 15) is 8.42 Å². The van der Waals surface area contributed by atoms with Gasteiger partial charge in [0, 0.05) is 47.0 Å². The summed E-state index contributed by atoms with van der Waals surface area (Å²) in [6.45, 7) is 3.37. The zero-order valence-corrected chi connectivity index (χ0v) is 23.4. The van der Waals surface area contributed by atoms with E-state index in [2.05, 4.69) is 4.98 Å². The quantitative estimate of drug-likeness (QED) is 0.281. The van der Waals surface area contributed by atoms with Crippen molar-refractivity contribution in [3.05, 3.63) is 92.8 Å². The fraction of sp³-hybridized carbons (Fsp3) is 0.192. The van der Waals surface area contributed by atoms with E-state index < -0.39 is 10.0 Å². The Balaban J connectivity index is 1.58. The summed E-state index contributed by atoms with van der Waals surface area (Å²) in [5.74, 6) is 0. The summed E-state index contributed by atoms with van der Waals surface area (Å²) in [5.41, 5.74) is 3.68. The van der Waals surface area contributed by atoms with Gasteiger partial charge < -0.3 is 4.74 Å². The minimum Gasteiger partial charge on any atom is -0.379 e. The molecule has 0 amide bonds. The Labute approximate surface area is 234 Å². The maximum absolute atomic E-state index is 13.0. The number of benzene rings is 2. The predicted molar refractivity (Wildman–Crippen MR) is 151 cm³/mol. The zero-order chi connectivity index (χ0) is 26.7. The molecule has 4 aromatic rings. The highest BCUT2D eigenvalue weighted by Gasteiger charge is 2.26. The van der Waals surface area contributed by atoms with Crippen LogP contribution in [0.15, 0.2) is 87.4 Å². The molecule has 1 fully saturated rings. The summed E-state index contributed by atoms with van der Waals surface area (Å²) >= 11 is 14.2. The fourth-order valence-electron chi connectivity index (χ4n) is 3.89. The summed E-state index contributed by atoms with van der Waals surface area (Å²) < 4.78 is 34.4. The van der Waals surface area contributed by atoms with Crippen molar-refractivity contribution in [1.29, 1.82) is 0 Å². The number of aromatic nitrogens is 2. The highest BCUT2D eigenvalue weighted by atomic mass is 35.5. The van der Waals surface area contributed by atoms with E-state index >= 15 is 0 Å². The lowest BCUT2D eigenvalue weighted by Crippen LogP contribution is -2.40. The third-order valence-corrected chi connectivity index (χ3v) is 9.20. The van der Waals surface area contributed by atoms with Crippen LogP contribution in [0.5, 0.6) is 0 Å². The number of rotatable bonds is 6. The molecule has 0 atom stereocenters. The molecule has 38 heavy (non-hydrogen) atoms. The maximum Gasteiger partial charge on any atom is 0.243 e. The lowest BCUT2D eigenvalue weighted by Gasteiger charge is -2.26. The van der Waals surface area contributed by atoms with E-state index in [4.69, 9.17) is 38.0 Å². The third-order valence-electron chi connectivity index (χ3n) is 5.91. The van der Waals surface area contributed by atoms with Crippen molar-refractivity contribution in [3.63, 3.8) is 0 Å². The molecule has 2 aromatic heterocycles. The molecule has 3 heterocycles. The van der Waals surface area contributed by atoms with Crippen LogP contribution in [-0.2, 0) is 14.8 Å². The molecule has 0 radical (unpaired) electrons. The van der Waals surface area contributed by atoms with Crippen LogP contribution < -0.4 is 4.80 Å². The molecule has 12 heteroatoms. The Hall–Kier alpha value is -2.86. The molecule has 0 bridgehead atoms. The normalized spacial score (nSPS) is 15.7. The minimum absolute atomic E-state index is 0.218. The maximum atomic E-state index is 13.0. The van der Waals surface area contributed by atoms with E-state index in [1.807, 2.05) is 24.4 Å². The van der Waals surface area contributed by atoms with Crippen LogP contribution in [0.25, 0.3) is 11.3 Å². The first-order valence-corrected chi connectivity index (χ1v) is 14.7. The fourth-order valence-corrected chi connectivity index (χ4v) is 6.53. The standard InChI is InChI=1S/C26H23Cl2N5O3S2/c1-18(19-8-10-29-11-9-19)31-33-25(23-16-20(27)2-7-24(23)28)17-37-26(33)30-21-3-5-22(6-4-21)38(34,35)32-12-14-36-15-13-32/h2-11,16-17H,12-15H2,1H3. The molecule has 0 spiro atoms. The van der Waals surface area contributed by atoms with Gasteiger partial charge in [-0.1, -0.05) is 23.2 Å². The van der Waals surface area contributed by atoms with Gasteiger partial charge in [-0.25, -0.2) is 18.1 Å². The molecule has 1 aliphatic rings. The number of sulfonamides is 1. The van der Waals surface area contributed by atoms with Gasteiger partial charge in [0.25, 0.3) is 0 Å².